The molecule has 0 aliphatic rings. The van der Waals surface area contributed by atoms with Crippen molar-refractivity contribution in [3.05, 3.63) is 72.2 Å². The Morgan fingerprint density at radius 3 is 2.69 bits per heavy atom. The van der Waals surface area contributed by atoms with Gasteiger partial charge in [0.15, 0.2) is 0 Å². The van der Waals surface area contributed by atoms with Gasteiger partial charge in [-0.25, -0.2) is 18.7 Å². The minimum absolute atomic E-state index is 0.104. The second-order valence-electron chi connectivity index (χ2n) is 6.41. The zero-order valence-electron chi connectivity index (χ0n) is 15.4. The second kappa shape index (κ2) is 8.00. The summed E-state index contributed by atoms with van der Waals surface area (Å²) in [5.74, 6) is -0.839. The molecule has 2 aromatic heterocycles. The molecule has 5 nitrogen and oxygen atoms in total. The molecular weight excluding hydrogens is 394 g/mol. The van der Waals surface area contributed by atoms with Gasteiger partial charge in [0.1, 0.15) is 28.5 Å². The van der Waals surface area contributed by atoms with Crippen LogP contribution in [-0.4, -0.2) is 26.6 Å². The molecule has 2 heterocycles. The van der Waals surface area contributed by atoms with Gasteiger partial charge in [-0.15, -0.1) is 0 Å². The van der Waals surface area contributed by atoms with Gasteiger partial charge < -0.3 is 10.3 Å². The number of amides is 1. The van der Waals surface area contributed by atoms with Crippen molar-refractivity contribution >= 4 is 34.4 Å². The lowest BCUT2D eigenvalue weighted by Crippen LogP contribution is -2.14. The van der Waals surface area contributed by atoms with Crippen molar-refractivity contribution in [3.8, 4) is 11.1 Å². The molecule has 0 aliphatic heterocycles. The van der Waals surface area contributed by atoms with Crippen molar-refractivity contribution in [1.82, 2.24) is 15.0 Å². The third kappa shape index (κ3) is 4.12. The Bertz CT molecular complexity index is 1190. The number of nitrogens with zero attached hydrogens (tertiary/aromatic N) is 2. The molecular formula is C21H16F2N4OS. The lowest BCUT2D eigenvalue weighted by molar-refractivity contribution is -0.113. The van der Waals surface area contributed by atoms with Crippen LogP contribution in [0.5, 0.6) is 0 Å². The SMILES string of the molecule is Cc1ccc(NC(=O)CSc2ncnc3c(-c4ccc(F)cc4)c[nH]c23)cc1F. The van der Waals surface area contributed by atoms with Crippen LogP contribution >= 0.6 is 11.8 Å². The number of fused-ring (bicyclic) bond motifs is 1. The first-order valence-corrected chi connectivity index (χ1v) is 9.76. The van der Waals surface area contributed by atoms with E-state index in [4.69, 9.17) is 0 Å². The summed E-state index contributed by atoms with van der Waals surface area (Å²) in [5.41, 5.74) is 3.96. The normalized spacial score (nSPS) is 11.0. The Hall–Kier alpha value is -3.26. The third-order valence-corrected chi connectivity index (χ3v) is 5.37. The molecule has 0 unspecified atom stereocenters. The molecule has 8 heteroatoms. The lowest BCUT2D eigenvalue weighted by Gasteiger charge is -2.06. The van der Waals surface area contributed by atoms with Crippen LogP contribution < -0.4 is 5.32 Å². The van der Waals surface area contributed by atoms with Crippen molar-refractivity contribution in [2.45, 2.75) is 11.9 Å². The fourth-order valence-corrected chi connectivity index (χ4v) is 3.64. The molecule has 0 saturated heterocycles. The maximum Gasteiger partial charge on any atom is 0.234 e. The Balaban J connectivity index is 1.50. The molecule has 0 bridgehead atoms. The summed E-state index contributed by atoms with van der Waals surface area (Å²) in [7, 11) is 0. The summed E-state index contributed by atoms with van der Waals surface area (Å²) in [5, 5.41) is 3.29. The van der Waals surface area contributed by atoms with E-state index in [0.29, 0.717) is 27.3 Å². The summed E-state index contributed by atoms with van der Waals surface area (Å²) >= 11 is 1.25. The molecule has 4 aromatic rings. The standard InChI is InChI=1S/C21H16F2N4OS/c1-12-2-7-15(8-17(12)23)27-18(28)10-29-21-20-19(25-11-26-21)16(9-24-20)13-3-5-14(22)6-4-13/h2-9,11,24H,10H2,1H3,(H,27,28). The highest BCUT2D eigenvalue weighted by molar-refractivity contribution is 8.00. The smallest absolute Gasteiger partial charge is 0.234 e. The molecule has 0 radical (unpaired) electrons. The van der Waals surface area contributed by atoms with Gasteiger partial charge in [0.2, 0.25) is 5.91 Å². The number of nitrogens with one attached hydrogen (secondary N) is 2. The molecule has 4 rings (SSSR count). The molecule has 1 amide bonds. The molecule has 0 saturated carbocycles. The molecule has 29 heavy (non-hydrogen) atoms. The quantitative estimate of drug-likeness (QED) is 0.361. The van der Waals surface area contributed by atoms with E-state index < -0.39 is 0 Å². The Labute approximate surface area is 169 Å². The average molecular weight is 410 g/mol. The number of aromatic amines is 1. The summed E-state index contributed by atoms with van der Waals surface area (Å²) < 4.78 is 26.8. The first kappa shape index (κ1) is 19.1. The highest BCUT2D eigenvalue weighted by Gasteiger charge is 2.14. The minimum Gasteiger partial charge on any atom is -0.357 e. The average Bonchev–Trinajstić information content (AvgIpc) is 3.14. The van der Waals surface area contributed by atoms with E-state index in [2.05, 4.69) is 20.3 Å². The van der Waals surface area contributed by atoms with Crippen LogP contribution in [0.3, 0.4) is 0 Å². The number of aromatic nitrogens is 3. The monoisotopic (exact) mass is 410 g/mol. The van der Waals surface area contributed by atoms with E-state index >= 15 is 0 Å². The lowest BCUT2D eigenvalue weighted by atomic mass is 10.1. The molecule has 0 fully saturated rings. The number of carbonyl (C=O) groups excluding carboxylic acids is 1. The van der Waals surface area contributed by atoms with E-state index in [1.165, 1.54) is 36.3 Å². The van der Waals surface area contributed by atoms with Crippen LogP contribution in [0.25, 0.3) is 22.2 Å². The maximum absolute atomic E-state index is 13.6. The number of anilines is 1. The Kier molecular flexibility index (Phi) is 5.26. The predicted molar refractivity (Wildman–Crippen MR) is 110 cm³/mol. The maximum atomic E-state index is 13.6. The van der Waals surface area contributed by atoms with Crippen LogP contribution in [0, 0.1) is 18.6 Å². The zero-order chi connectivity index (χ0) is 20.4. The van der Waals surface area contributed by atoms with Gasteiger partial charge in [0, 0.05) is 17.4 Å². The molecule has 146 valence electrons. The van der Waals surface area contributed by atoms with Crippen molar-refractivity contribution < 1.29 is 13.6 Å². The Morgan fingerprint density at radius 1 is 1.14 bits per heavy atom. The van der Waals surface area contributed by atoms with Gasteiger partial charge in [-0.1, -0.05) is 30.0 Å². The van der Waals surface area contributed by atoms with Crippen LogP contribution in [0.15, 0.2) is 60.0 Å². The first-order valence-electron chi connectivity index (χ1n) is 8.78. The fourth-order valence-electron chi connectivity index (χ4n) is 2.88. The zero-order valence-corrected chi connectivity index (χ0v) is 16.2. The highest BCUT2D eigenvalue weighted by Crippen LogP contribution is 2.31. The van der Waals surface area contributed by atoms with Crippen LogP contribution in [0.1, 0.15) is 5.56 Å². The minimum atomic E-state index is -0.368. The van der Waals surface area contributed by atoms with Crippen LogP contribution in [-0.2, 0) is 4.79 Å². The van der Waals surface area contributed by atoms with Gasteiger partial charge in [-0.05, 0) is 42.3 Å². The van der Waals surface area contributed by atoms with Gasteiger partial charge in [-0.3, -0.25) is 4.79 Å². The highest BCUT2D eigenvalue weighted by atomic mass is 32.2. The van der Waals surface area contributed by atoms with Crippen molar-refractivity contribution in [3.63, 3.8) is 0 Å². The number of benzene rings is 2. The second-order valence-corrected chi connectivity index (χ2v) is 7.38. The number of hydrogen-bond donors (Lipinski definition) is 2. The molecule has 0 spiro atoms. The van der Waals surface area contributed by atoms with Crippen LogP contribution in [0.2, 0.25) is 0 Å². The van der Waals surface area contributed by atoms with Crippen molar-refractivity contribution in [1.29, 1.82) is 0 Å². The van der Waals surface area contributed by atoms with Crippen molar-refractivity contribution in [2.24, 2.45) is 0 Å². The van der Waals surface area contributed by atoms with Gasteiger partial charge in [-0.2, -0.15) is 0 Å². The number of H-pyrrole nitrogens is 1. The first-order chi connectivity index (χ1) is 14.0. The van der Waals surface area contributed by atoms with E-state index in [1.54, 1.807) is 37.4 Å². The topological polar surface area (TPSA) is 70.7 Å². The van der Waals surface area contributed by atoms with Gasteiger partial charge in [0.05, 0.1) is 11.3 Å². The predicted octanol–water partition coefficient (Wildman–Crippen LogP) is 4.94. The number of hydrogen-bond acceptors (Lipinski definition) is 4. The van der Waals surface area contributed by atoms with E-state index in [9.17, 15) is 13.6 Å². The number of halogens is 2. The third-order valence-electron chi connectivity index (χ3n) is 4.38. The van der Waals surface area contributed by atoms with Crippen LogP contribution in [0.4, 0.5) is 14.5 Å². The van der Waals surface area contributed by atoms with Gasteiger partial charge in [0.25, 0.3) is 0 Å². The molecule has 2 aromatic carbocycles. The number of aryl methyl sites for hydroxylation is 1. The number of rotatable bonds is 5. The number of thioether (sulfide) groups is 1. The van der Waals surface area contributed by atoms with E-state index in [-0.39, 0.29) is 23.3 Å². The van der Waals surface area contributed by atoms with Gasteiger partial charge >= 0.3 is 0 Å². The summed E-state index contributed by atoms with van der Waals surface area (Å²) in [6.07, 6.45) is 3.21. The summed E-state index contributed by atoms with van der Waals surface area (Å²) in [6.45, 7) is 1.66. The van der Waals surface area contributed by atoms with Crippen molar-refractivity contribution in [2.75, 3.05) is 11.1 Å². The molecule has 0 atom stereocenters. The molecule has 2 N–H and O–H groups in total. The summed E-state index contributed by atoms with van der Waals surface area (Å²) in [6, 6.07) is 10.7. The Morgan fingerprint density at radius 2 is 1.93 bits per heavy atom. The fraction of sp³-hybridized carbons (Fsp3) is 0.0952. The summed E-state index contributed by atoms with van der Waals surface area (Å²) in [4.78, 5) is 23.9. The number of carbonyl (C=O) groups is 1. The van der Waals surface area contributed by atoms with E-state index in [0.717, 1.165) is 11.1 Å². The molecule has 0 aliphatic carbocycles. The van der Waals surface area contributed by atoms with E-state index in [1.807, 2.05) is 0 Å². The largest absolute Gasteiger partial charge is 0.357 e.